The number of hydrogen-bond acceptors (Lipinski definition) is 4. The first kappa shape index (κ1) is 21.6. The highest BCUT2D eigenvalue weighted by Crippen LogP contribution is 2.10. The molecule has 1 fully saturated rings. The second-order valence-corrected chi connectivity index (χ2v) is 6.75. The molecule has 1 aromatic rings. The molecular formula is C14H26Cl2N4OS. The van der Waals surface area contributed by atoms with Crippen molar-refractivity contribution in [2.75, 3.05) is 18.1 Å². The van der Waals surface area contributed by atoms with Gasteiger partial charge in [0.15, 0.2) is 0 Å². The van der Waals surface area contributed by atoms with Gasteiger partial charge >= 0.3 is 0 Å². The van der Waals surface area contributed by atoms with Crippen LogP contribution in [0.5, 0.6) is 0 Å². The molecule has 0 radical (unpaired) electrons. The number of nitrogens with one attached hydrogen (secondary N) is 2. The minimum absolute atomic E-state index is 0. The fourth-order valence-electron chi connectivity index (χ4n) is 2.29. The first-order valence-electron chi connectivity index (χ1n) is 7.23. The van der Waals surface area contributed by atoms with E-state index >= 15 is 0 Å². The highest BCUT2D eigenvalue weighted by Gasteiger charge is 2.16. The van der Waals surface area contributed by atoms with Crippen molar-refractivity contribution in [3.63, 3.8) is 0 Å². The van der Waals surface area contributed by atoms with E-state index in [0.29, 0.717) is 24.9 Å². The van der Waals surface area contributed by atoms with Crippen LogP contribution in [0.15, 0.2) is 12.4 Å². The largest absolute Gasteiger partial charge is 0.349 e. The van der Waals surface area contributed by atoms with Crippen molar-refractivity contribution in [1.82, 2.24) is 20.2 Å². The molecule has 0 spiro atoms. The number of carbonyl (C=O) groups excluding carboxylic acids is 1. The molecule has 2 rings (SSSR count). The molecule has 8 heteroatoms. The minimum atomic E-state index is 0. The topological polar surface area (TPSA) is 59.0 Å². The van der Waals surface area contributed by atoms with E-state index in [9.17, 15) is 4.79 Å². The summed E-state index contributed by atoms with van der Waals surface area (Å²) in [6, 6.07) is 0.309. The van der Waals surface area contributed by atoms with Crippen molar-refractivity contribution in [2.45, 2.75) is 39.4 Å². The molecule has 0 aliphatic carbocycles. The van der Waals surface area contributed by atoms with E-state index in [4.69, 9.17) is 0 Å². The summed E-state index contributed by atoms with van der Waals surface area (Å²) in [5.41, 5.74) is 0. The fraction of sp³-hybridized carbons (Fsp3) is 0.714. The van der Waals surface area contributed by atoms with E-state index in [1.807, 2.05) is 18.0 Å². The number of halogens is 2. The van der Waals surface area contributed by atoms with Crippen molar-refractivity contribution in [3.05, 3.63) is 18.2 Å². The van der Waals surface area contributed by atoms with Crippen LogP contribution < -0.4 is 10.6 Å². The van der Waals surface area contributed by atoms with Crippen LogP contribution in [0.3, 0.4) is 0 Å². The summed E-state index contributed by atoms with van der Waals surface area (Å²) in [7, 11) is 0. The van der Waals surface area contributed by atoms with Crippen LogP contribution in [0.2, 0.25) is 0 Å². The Balaban J connectivity index is 0.00000220. The maximum Gasteiger partial charge on any atom is 0.221 e. The molecule has 128 valence electrons. The lowest BCUT2D eigenvalue weighted by Crippen LogP contribution is -2.41. The highest BCUT2D eigenvalue weighted by atomic mass is 35.5. The zero-order valence-corrected chi connectivity index (χ0v) is 15.5. The Hall–Kier alpha value is -0.430. The van der Waals surface area contributed by atoms with E-state index in [1.54, 1.807) is 6.20 Å². The molecule has 0 saturated carbocycles. The molecule has 1 aromatic heterocycles. The maximum absolute atomic E-state index is 11.9. The molecule has 0 aromatic carbocycles. The summed E-state index contributed by atoms with van der Waals surface area (Å²) >= 11 is 1.91. The second kappa shape index (κ2) is 11.2. The minimum Gasteiger partial charge on any atom is -0.349 e. The van der Waals surface area contributed by atoms with Gasteiger partial charge < -0.3 is 15.2 Å². The molecule has 1 saturated heterocycles. The number of hydrogen-bond donors (Lipinski definition) is 2. The van der Waals surface area contributed by atoms with Crippen LogP contribution in [-0.4, -0.2) is 39.6 Å². The quantitative estimate of drug-likeness (QED) is 0.806. The summed E-state index contributed by atoms with van der Waals surface area (Å²) in [5.74, 6) is 3.77. The first-order valence-corrected chi connectivity index (χ1v) is 8.38. The third-order valence-electron chi connectivity index (χ3n) is 3.24. The average molecular weight is 369 g/mol. The van der Waals surface area contributed by atoms with Crippen molar-refractivity contribution >= 4 is 42.5 Å². The molecular weight excluding hydrogens is 343 g/mol. The van der Waals surface area contributed by atoms with E-state index in [-0.39, 0.29) is 30.7 Å². The van der Waals surface area contributed by atoms with Gasteiger partial charge in [0.2, 0.25) is 5.91 Å². The third-order valence-corrected chi connectivity index (χ3v) is 4.37. The third kappa shape index (κ3) is 7.22. The van der Waals surface area contributed by atoms with E-state index in [1.165, 1.54) is 0 Å². The SMILES string of the molecule is CC(C)Cn1ccnc1CNC(=O)CC1CSCCN1.Cl.Cl. The van der Waals surface area contributed by atoms with Gasteiger partial charge in [0.25, 0.3) is 0 Å². The van der Waals surface area contributed by atoms with E-state index in [2.05, 4.69) is 34.0 Å². The van der Waals surface area contributed by atoms with Crippen LogP contribution >= 0.6 is 36.6 Å². The molecule has 22 heavy (non-hydrogen) atoms. The van der Waals surface area contributed by atoms with Crippen LogP contribution in [0.25, 0.3) is 0 Å². The van der Waals surface area contributed by atoms with Crippen molar-refractivity contribution in [1.29, 1.82) is 0 Å². The predicted octanol–water partition coefficient (Wildman–Crippen LogP) is 2.09. The number of imidazole rings is 1. The lowest BCUT2D eigenvalue weighted by atomic mass is 10.2. The Labute approximate surface area is 149 Å². The van der Waals surface area contributed by atoms with Gasteiger partial charge in [-0.3, -0.25) is 4.79 Å². The second-order valence-electron chi connectivity index (χ2n) is 5.60. The molecule has 2 N–H and O–H groups in total. The van der Waals surface area contributed by atoms with Gasteiger partial charge in [-0.15, -0.1) is 24.8 Å². The molecule has 1 aliphatic heterocycles. The van der Waals surface area contributed by atoms with Gasteiger partial charge in [-0.25, -0.2) is 4.98 Å². The predicted molar refractivity (Wildman–Crippen MR) is 97.1 cm³/mol. The van der Waals surface area contributed by atoms with Crippen molar-refractivity contribution in [2.24, 2.45) is 5.92 Å². The lowest BCUT2D eigenvalue weighted by molar-refractivity contribution is -0.121. The maximum atomic E-state index is 11.9. The Morgan fingerprint density at radius 3 is 2.95 bits per heavy atom. The highest BCUT2D eigenvalue weighted by molar-refractivity contribution is 7.99. The van der Waals surface area contributed by atoms with Gasteiger partial charge in [-0.2, -0.15) is 11.8 Å². The molecule has 0 bridgehead atoms. The van der Waals surface area contributed by atoms with Gasteiger partial charge in [0, 0.05) is 49.5 Å². The Morgan fingerprint density at radius 1 is 1.55 bits per heavy atom. The monoisotopic (exact) mass is 368 g/mol. The molecule has 1 amide bonds. The molecule has 5 nitrogen and oxygen atoms in total. The summed E-state index contributed by atoms with van der Waals surface area (Å²) < 4.78 is 2.11. The van der Waals surface area contributed by atoms with Gasteiger partial charge in [0.1, 0.15) is 5.82 Å². The zero-order chi connectivity index (χ0) is 14.4. The number of amides is 1. The normalized spacial score (nSPS) is 17.5. The zero-order valence-electron chi connectivity index (χ0n) is 13.1. The standard InChI is InChI=1S/C14H24N4OS.2ClH/c1-11(2)9-18-5-3-16-13(18)8-17-14(19)7-12-10-20-6-4-15-12;;/h3,5,11-12,15H,4,6-10H2,1-2H3,(H,17,19);2*1H. The first-order chi connectivity index (χ1) is 9.65. The summed E-state index contributed by atoms with van der Waals surface area (Å²) in [6.45, 7) is 6.80. The smallest absolute Gasteiger partial charge is 0.221 e. The number of carbonyl (C=O) groups is 1. The Kier molecular flexibility index (Phi) is 10.9. The van der Waals surface area contributed by atoms with E-state index < -0.39 is 0 Å². The van der Waals surface area contributed by atoms with Crippen molar-refractivity contribution < 1.29 is 4.79 Å². The van der Waals surface area contributed by atoms with E-state index in [0.717, 1.165) is 30.4 Å². The van der Waals surface area contributed by atoms with Crippen LogP contribution in [0.1, 0.15) is 26.1 Å². The van der Waals surface area contributed by atoms with Gasteiger partial charge in [-0.1, -0.05) is 13.8 Å². The van der Waals surface area contributed by atoms with Crippen LogP contribution in [0, 0.1) is 5.92 Å². The summed E-state index contributed by atoms with van der Waals surface area (Å²) in [5, 5.41) is 6.35. The lowest BCUT2D eigenvalue weighted by Gasteiger charge is -2.22. The average Bonchev–Trinajstić information content (AvgIpc) is 2.84. The fourth-order valence-corrected chi connectivity index (χ4v) is 3.24. The van der Waals surface area contributed by atoms with Crippen molar-refractivity contribution in [3.8, 4) is 0 Å². The number of nitrogens with zero attached hydrogens (tertiary/aromatic N) is 2. The molecule has 1 atom stereocenters. The molecule has 1 unspecified atom stereocenters. The summed E-state index contributed by atoms with van der Waals surface area (Å²) in [6.07, 6.45) is 4.32. The van der Waals surface area contributed by atoms with Gasteiger partial charge in [0.05, 0.1) is 6.54 Å². The summed E-state index contributed by atoms with van der Waals surface area (Å²) in [4.78, 5) is 16.3. The van der Waals surface area contributed by atoms with Crippen LogP contribution in [0.4, 0.5) is 0 Å². The number of thioether (sulfide) groups is 1. The Morgan fingerprint density at radius 2 is 2.32 bits per heavy atom. The number of rotatable bonds is 6. The van der Waals surface area contributed by atoms with Gasteiger partial charge in [-0.05, 0) is 5.92 Å². The Bertz CT molecular complexity index is 436. The van der Waals surface area contributed by atoms with Crippen LogP contribution in [-0.2, 0) is 17.9 Å². The number of aromatic nitrogens is 2. The molecule has 2 heterocycles. The molecule has 1 aliphatic rings.